The number of likely N-dealkylation sites (tertiary alicyclic amines) is 1. The Kier molecular flexibility index (Phi) is 8.18. The predicted octanol–water partition coefficient (Wildman–Crippen LogP) is 5.79. The van der Waals surface area contributed by atoms with Gasteiger partial charge < -0.3 is 15.0 Å². The molecule has 0 unspecified atom stereocenters. The van der Waals surface area contributed by atoms with Crippen LogP contribution in [0.1, 0.15) is 99.3 Å². The van der Waals surface area contributed by atoms with E-state index in [1.165, 1.54) is 43.4 Å². The Balaban J connectivity index is 0.00000145. The third-order valence-corrected chi connectivity index (χ3v) is 6.55. The fourth-order valence-electron chi connectivity index (χ4n) is 4.80. The molecule has 29 heavy (non-hydrogen) atoms. The number of amides is 2. The van der Waals surface area contributed by atoms with E-state index in [4.69, 9.17) is 4.74 Å². The Bertz CT molecular complexity index is 604. The standard InChI is InChI=1S/C22H36N2O3.C2H6/c1-16-10-11-22(19(25)23-18(16)17-8-6-5-7-9-17)12-14-24(15-13-22)20(26)27-21(2,3)4;1-2/h17H,5-15H2,1-4H3,(H,23,25);1-2H3. The second-order valence-corrected chi connectivity index (χ2v) is 9.73. The van der Waals surface area contributed by atoms with Crippen LogP contribution in [0.5, 0.6) is 0 Å². The van der Waals surface area contributed by atoms with Crippen LogP contribution in [-0.4, -0.2) is 35.6 Å². The Labute approximate surface area is 177 Å². The Morgan fingerprint density at radius 1 is 1.07 bits per heavy atom. The maximum atomic E-state index is 13.2. The van der Waals surface area contributed by atoms with Crippen LogP contribution in [0.3, 0.4) is 0 Å². The summed E-state index contributed by atoms with van der Waals surface area (Å²) in [6.07, 6.45) is 9.33. The number of allylic oxidation sites excluding steroid dienone is 2. The molecule has 1 aliphatic carbocycles. The molecular weight excluding hydrogens is 364 g/mol. The SMILES string of the molecule is CC.CC1=C(C2CCCCC2)NC(=O)C2(CC1)CCN(C(=O)OC(C)(C)C)CC2. The molecular formula is C24H42N2O3. The van der Waals surface area contributed by atoms with Gasteiger partial charge in [0, 0.05) is 18.8 Å². The number of carbonyl (C=O) groups is 2. The summed E-state index contributed by atoms with van der Waals surface area (Å²) < 4.78 is 5.50. The molecule has 2 heterocycles. The number of nitrogens with zero attached hydrogens (tertiary/aromatic N) is 1. The molecule has 3 rings (SSSR count). The topological polar surface area (TPSA) is 58.6 Å². The van der Waals surface area contributed by atoms with Crippen LogP contribution in [0.25, 0.3) is 0 Å². The van der Waals surface area contributed by atoms with Crippen molar-refractivity contribution in [2.45, 2.75) is 105 Å². The van der Waals surface area contributed by atoms with Crippen LogP contribution in [0, 0.1) is 11.3 Å². The van der Waals surface area contributed by atoms with Crippen molar-refractivity contribution < 1.29 is 14.3 Å². The highest BCUT2D eigenvalue weighted by atomic mass is 16.6. The lowest BCUT2D eigenvalue weighted by molar-refractivity contribution is -0.133. The van der Waals surface area contributed by atoms with Crippen molar-refractivity contribution in [2.24, 2.45) is 11.3 Å². The lowest BCUT2D eigenvalue weighted by Gasteiger charge is -2.40. The van der Waals surface area contributed by atoms with Crippen molar-refractivity contribution in [1.82, 2.24) is 10.2 Å². The summed E-state index contributed by atoms with van der Waals surface area (Å²) in [5.74, 6) is 0.712. The van der Waals surface area contributed by atoms with Gasteiger partial charge in [0.15, 0.2) is 0 Å². The van der Waals surface area contributed by atoms with Crippen molar-refractivity contribution in [3.8, 4) is 0 Å². The van der Waals surface area contributed by atoms with Gasteiger partial charge in [0.1, 0.15) is 5.60 Å². The minimum absolute atomic E-state index is 0.184. The number of rotatable bonds is 1. The summed E-state index contributed by atoms with van der Waals surface area (Å²) in [5, 5.41) is 3.35. The summed E-state index contributed by atoms with van der Waals surface area (Å²) in [5.41, 5.74) is 1.76. The first kappa shape index (κ1) is 23.8. The van der Waals surface area contributed by atoms with Crippen molar-refractivity contribution in [3.63, 3.8) is 0 Å². The van der Waals surface area contributed by atoms with Gasteiger partial charge in [0.25, 0.3) is 0 Å². The highest BCUT2D eigenvalue weighted by Crippen LogP contribution is 2.42. The third-order valence-electron chi connectivity index (χ3n) is 6.55. The zero-order valence-electron chi connectivity index (χ0n) is 19.5. The average Bonchev–Trinajstić information content (AvgIpc) is 2.82. The van der Waals surface area contributed by atoms with Crippen LogP contribution in [0.2, 0.25) is 0 Å². The largest absolute Gasteiger partial charge is 0.444 e. The van der Waals surface area contributed by atoms with Gasteiger partial charge in [0.2, 0.25) is 5.91 Å². The quantitative estimate of drug-likeness (QED) is 0.599. The number of piperidine rings is 1. The molecule has 5 nitrogen and oxygen atoms in total. The lowest BCUT2D eigenvalue weighted by atomic mass is 9.74. The molecule has 0 radical (unpaired) electrons. The number of nitrogens with one attached hydrogen (secondary N) is 1. The van der Waals surface area contributed by atoms with E-state index in [-0.39, 0.29) is 17.4 Å². The molecule has 3 aliphatic rings. The van der Waals surface area contributed by atoms with E-state index in [1.807, 2.05) is 34.6 Å². The highest BCUT2D eigenvalue weighted by Gasteiger charge is 2.44. The third kappa shape index (κ3) is 5.99. The Morgan fingerprint density at radius 3 is 2.21 bits per heavy atom. The van der Waals surface area contributed by atoms with Gasteiger partial charge in [-0.3, -0.25) is 4.79 Å². The first-order valence-corrected chi connectivity index (χ1v) is 11.7. The predicted molar refractivity (Wildman–Crippen MR) is 117 cm³/mol. The molecule has 0 aromatic carbocycles. The summed E-state index contributed by atoms with van der Waals surface area (Å²) in [6, 6.07) is 0. The van der Waals surface area contributed by atoms with Crippen LogP contribution < -0.4 is 5.32 Å². The van der Waals surface area contributed by atoms with Crippen molar-refractivity contribution >= 4 is 12.0 Å². The van der Waals surface area contributed by atoms with E-state index >= 15 is 0 Å². The van der Waals surface area contributed by atoms with E-state index in [9.17, 15) is 9.59 Å². The first-order valence-electron chi connectivity index (χ1n) is 11.7. The van der Waals surface area contributed by atoms with Gasteiger partial charge >= 0.3 is 6.09 Å². The van der Waals surface area contributed by atoms with Crippen LogP contribution in [-0.2, 0) is 9.53 Å². The molecule has 2 fully saturated rings. The minimum atomic E-state index is -0.484. The summed E-state index contributed by atoms with van der Waals surface area (Å²) in [7, 11) is 0. The summed E-state index contributed by atoms with van der Waals surface area (Å²) in [4.78, 5) is 27.3. The molecule has 1 spiro atoms. The maximum Gasteiger partial charge on any atom is 0.410 e. The molecule has 0 aromatic heterocycles. The number of hydrogen-bond donors (Lipinski definition) is 1. The van der Waals surface area contributed by atoms with Gasteiger partial charge in [-0.2, -0.15) is 0 Å². The normalized spacial score (nSPS) is 23.1. The zero-order valence-corrected chi connectivity index (χ0v) is 19.5. The van der Waals surface area contributed by atoms with Crippen LogP contribution in [0.15, 0.2) is 11.3 Å². The molecule has 0 atom stereocenters. The fraction of sp³-hybridized carbons (Fsp3) is 0.833. The fourth-order valence-corrected chi connectivity index (χ4v) is 4.80. The zero-order chi connectivity index (χ0) is 21.7. The van der Waals surface area contributed by atoms with E-state index in [2.05, 4.69) is 12.2 Å². The van der Waals surface area contributed by atoms with Gasteiger partial charge in [-0.15, -0.1) is 0 Å². The van der Waals surface area contributed by atoms with Crippen molar-refractivity contribution in [1.29, 1.82) is 0 Å². The first-order chi connectivity index (χ1) is 13.7. The van der Waals surface area contributed by atoms with Gasteiger partial charge in [-0.1, -0.05) is 38.7 Å². The lowest BCUT2D eigenvalue weighted by Crippen LogP contribution is -2.50. The van der Waals surface area contributed by atoms with Crippen molar-refractivity contribution in [2.75, 3.05) is 13.1 Å². The molecule has 166 valence electrons. The number of ether oxygens (including phenoxy) is 1. The van der Waals surface area contributed by atoms with E-state index < -0.39 is 5.60 Å². The maximum absolute atomic E-state index is 13.2. The smallest absolute Gasteiger partial charge is 0.410 e. The van der Waals surface area contributed by atoms with E-state index in [0.29, 0.717) is 19.0 Å². The average molecular weight is 407 g/mol. The monoisotopic (exact) mass is 406 g/mol. The van der Waals surface area contributed by atoms with Crippen LogP contribution in [0.4, 0.5) is 4.79 Å². The summed E-state index contributed by atoms with van der Waals surface area (Å²) in [6.45, 7) is 13.0. The molecule has 1 saturated heterocycles. The van der Waals surface area contributed by atoms with Gasteiger partial charge in [-0.05, 0) is 72.1 Å². The summed E-state index contributed by atoms with van der Waals surface area (Å²) >= 11 is 0. The second-order valence-electron chi connectivity index (χ2n) is 9.73. The molecule has 0 bridgehead atoms. The molecule has 1 saturated carbocycles. The van der Waals surface area contributed by atoms with E-state index in [1.54, 1.807) is 4.90 Å². The molecule has 5 heteroatoms. The van der Waals surface area contributed by atoms with Gasteiger partial charge in [-0.25, -0.2) is 4.79 Å². The Morgan fingerprint density at radius 2 is 1.66 bits per heavy atom. The van der Waals surface area contributed by atoms with Gasteiger partial charge in [0.05, 0.1) is 5.41 Å². The van der Waals surface area contributed by atoms with E-state index in [0.717, 1.165) is 25.7 Å². The highest BCUT2D eigenvalue weighted by molar-refractivity contribution is 5.85. The van der Waals surface area contributed by atoms with Crippen molar-refractivity contribution in [3.05, 3.63) is 11.3 Å². The molecule has 0 aromatic rings. The molecule has 2 aliphatic heterocycles. The minimum Gasteiger partial charge on any atom is -0.444 e. The van der Waals surface area contributed by atoms with Crippen LogP contribution >= 0.6 is 0 Å². The molecule has 1 N–H and O–H groups in total. The second kappa shape index (κ2) is 9.99. The Hall–Kier alpha value is -1.52. The molecule has 2 amide bonds. The number of carbonyl (C=O) groups excluding carboxylic acids is 2. The number of hydrogen-bond acceptors (Lipinski definition) is 3.